The Kier molecular flexibility index (Phi) is 6.21. The Balaban J connectivity index is 2.12. The third-order valence-corrected chi connectivity index (χ3v) is 3.97. The zero-order valence-electron chi connectivity index (χ0n) is 11.8. The summed E-state index contributed by atoms with van der Waals surface area (Å²) in [6.07, 6.45) is 6.31. The molecule has 0 spiro atoms. The van der Waals surface area contributed by atoms with E-state index in [9.17, 15) is 0 Å². The highest BCUT2D eigenvalue weighted by Gasteiger charge is 2.19. The number of rotatable bonds is 6. The zero-order valence-corrected chi connectivity index (χ0v) is 13.3. The van der Waals surface area contributed by atoms with E-state index >= 15 is 0 Å². The van der Waals surface area contributed by atoms with Crippen molar-refractivity contribution in [2.24, 2.45) is 0 Å². The summed E-state index contributed by atoms with van der Waals surface area (Å²) < 4.78 is 5.80. The predicted octanol–water partition coefficient (Wildman–Crippen LogP) is 4.60. The van der Waals surface area contributed by atoms with Crippen LogP contribution in [0.5, 0.6) is 0 Å². The molecule has 0 amide bonds. The second kappa shape index (κ2) is 7.92. The second-order valence-corrected chi connectivity index (χ2v) is 5.89. The molecule has 2 nitrogen and oxygen atoms in total. The van der Waals surface area contributed by atoms with Gasteiger partial charge < -0.3 is 10.1 Å². The van der Waals surface area contributed by atoms with E-state index in [4.69, 9.17) is 27.9 Å². The van der Waals surface area contributed by atoms with Crippen LogP contribution in [0, 0.1) is 0 Å². The average Bonchev–Trinajstić information content (AvgIpc) is 2.46. The van der Waals surface area contributed by atoms with Crippen LogP contribution < -0.4 is 5.32 Å². The molecule has 1 aliphatic rings. The number of nitrogens with one attached hydrogen (secondary N) is 1. The first-order valence-corrected chi connectivity index (χ1v) is 7.96. The molecule has 0 fully saturated rings. The largest absolute Gasteiger partial charge is 0.497 e. The van der Waals surface area contributed by atoms with Crippen molar-refractivity contribution >= 4 is 23.2 Å². The Hall–Kier alpha value is -0.700. The van der Waals surface area contributed by atoms with E-state index < -0.39 is 0 Å². The molecule has 0 aliphatic carbocycles. The summed E-state index contributed by atoms with van der Waals surface area (Å²) in [6.45, 7) is 3.94. The molecule has 110 valence electrons. The summed E-state index contributed by atoms with van der Waals surface area (Å²) in [6, 6.07) is 5.87. The SMILES string of the molecule is CCCNC(Cc1ccc(Cl)cc1Cl)C1=CCCCO1. The second-order valence-electron chi connectivity index (χ2n) is 5.04. The Bertz CT molecular complexity index is 474. The standard InChI is InChI=1S/C16H21Cl2NO/c1-2-8-19-15(16-5-3-4-9-20-16)10-12-6-7-13(17)11-14(12)18/h5-7,11,15,19H,2-4,8-10H2,1H3. The van der Waals surface area contributed by atoms with Gasteiger partial charge in [-0.15, -0.1) is 0 Å². The van der Waals surface area contributed by atoms with Crippen molar-refractivity contribution in [3.05, 3.63) is 45.6 Å². The first kappa shape index (κ1) is 15.7. The van der Waals surface area contributed by atoms with E-state index in [1.165, 1.54) is 0 Å². The molecule has 4 heteroatoms. The monoisotopic (exact) mass is 313 g/mol. The Morgan fingerprint density at radius 2 is 2.20 bits per heavy atom. The molecule has 0 aromatic heterocycles. The minimum absolute atomic E-state index is 0.189. The molecule has 1 unspecified atom stereocenters. The summed E-state index contributed by atoms with van der Waals surface area (Å²) in [5, 5.41) is 4.94. The number of benzene rings is 1. The van der Waals surface area contributed by atoms with Crippen molar-refractivity contribution in [1.82, 2.24) is 5.32 Å². The minimum atomic E-state index is 0.189. The third kappa shape index (κ3) is 4.41. The summed E-state index contributed by atoms with van der Waals surface area (Å²) in [7, 11) is 0. The van der Waals surface area contributed by atoms with Gasteiger partial charge in [0.25, 0.3) is 0 Å². The minimum Gasteiger partial charge on any atom is -0.497 e. The molecule has 1 N–H and O–H groups in total. The smallest absolute Gasteiger partial charge is 0.109 e. The van der Waals surface area contributed by atoms with Gasteiger partial charge >= 0.3 is 0 Å². The van der Waals surface area contributed by atoms with Crippen molar-refractivity contribution in [3.63, 3.8) is 0 Å². The van der Waals surface area contributed by atoms with Gasteiger partial charge in [-0.25, -0.2) is 0 Å². The zero-order chi connectivity index (χ0) is 14.4. The molecule has 0 saturated heterocycles. The lowest BCUT2D eigenvalue weighted by Crippen LogP contribution is -2.35. The van der Waals surface area contributed by atoms with Crippen LogP contribution in [0.15, 0.2) is 30.0 Å². The van der Waals surface area contributed by atoms with Crippen molar-refractivity contribution in [2.75, 3.05) is 13.2 Å². The van der Waals surface area contributed by atoms with Crippen LogP contribution in [0.4, 0.5) is 0 Å². The first-order valence-electron chi connectivity index (χ1n) is 7.21. The first-order chi connectivity index (χ1) is 9.70. The maximum absolute atomic E-state index is 6.27. The Labute approximate surface area is 131 Å². The Morgan fingerprint density at radius 3 is 2.85 bits per heavy atom. The molecule has 1 heterocycles. The average molecular weight is 314 g/mol. The van der Waals surface area contributed by atoms with E-state index in [0.29, 0.717) is 5.02 Å². The molecule has 20 heavy (non-hydrogen) atoms. The van der Waals surface area contributed by atoms with Gasteiger partial charge in [-0.3, -0.25) is 0 Å². The van der Waals surface area contributed by atoms with Gasteiger partial charge in [0.1, 0.15) is 5.76 Å². The molecular weight excluding hydrogens is 293 g/mol. The maximum atomic E-state index is 6.27. The van der Waals surface area contributed by atoms with Gasteiger partial charge in [-0.2, -0.15) is 0 Å². The predicted molar refractivity (Wildman–Crippen MR) is 85.5 cm³/mol. The van der Waals surface area contributed by atoms with E-state index in [1.54, 1.807) is 6.07 Å². The van der Waals surface area contributed by atoms with Crippen LogP contribution in [0.1, 0.15) is 31.7 Å². The molecule has 2 rings (SSSR count). The number of ether oxygens (including phenoxy) is 1. The summed E-state index contributed by atoms with van der Waals surface area (Å²) in [5.41, 5.74) is 1.10. The van der Waals surface area contributed by atoms with Crippen LogP contribution in [-0.4, -0.2) is 19.2 Å². The highest BCUT2D eigenvalue weighted by Crippen LogP contribution is 2.24. The van der Waals surface area contributed by atoms with Gasteiger partial charge in [0.15, 0.2) is 0 Å². The topological polar surface area (TPSA) is 21.3 Å². The van der Waals surface area contributed by atoms with Gasteiger partial charge in [-0.1, -0.05) is 36.2 Å². The molecule has 1 aromatic carbocycles. The molecule has 0 saturated carbocycles. The lowest BCUT2D eigenvalue weighted by molar-refractivity contribution is 0.167. The molecule has 1 aliphatic heterocycles. The van der Waals surface area contributed by atoms with Gasteiger partial charge in [-0.05, 0) is 56.0 Å². The van der Waals surface area contributed by atoms with Crippen molar-refractivity contribution in [3.8, 4) is 0 Å². The van der Waals surface area contributed by atoms with Crippen LogP contribution >= 0.6 is 23.2 Å². The van der Waals surface area contributed by atoms with Crippen LogP contribution in [0.25, 0.3) is 0 Å². The fraction of sp³-hybridized carbons (Fsp3) is 0.500. The lowest BCUT2D eigenvalue weighted by Gasteiger charge is -2.25. The fourth-order valence-corrected chi connectivity index (χ4v) is 2.80. The maximum Gasteiger partial charge on any atom is 0.109 e. The summed E-state index contributed by atoms with van der Waals surface area (Å²) in [5.74, 6) is 1.05. The normalized spacial score (nSPS) is 16.4. The highest BCUT2D eigenvalue weighted by molar-refractivity contribution is 6.35. The van der Waals surface area contributed by atoms with Crippen molar-refractivity contribution in [2.45, 2.75) is 38.6 Å². The molecule has 1 atom stereocenters. The quantitative estimate of drug-likeness (QED) is 0.828. The molecule has 1 aromatic rings. The fourth-order valence-electron chi connectivity index (χ4n) is 2.32. The van der Waals surface area contributed by atoms with E-state index in [1.807, 2.05) is 12.1 Å². The number of hydrogen-bond donors (Lipinski definition) is 1. The van der Waals surface area contributed by atoms with E-state index in [2.05, 4.69) is 18.3 Å². The molecular formula is C16H21Cl2NO. The molecule has 0 radical (unpaired) electrons. The number of hydrogen-bond acceptors (Lipinski definition) is 2. The van der Waals surface area contributed by atoms with Gasteiger partial charge in [0.2, 0.25) is 0 Å². The third-order valence-electron chi connectivity index (χ3n) is 3.39. The number of allylic oxidation sites excluding steroid dienone is 1. The lowest BCUT2D eigenvalue weighted by atomic mass is 10.0. The van der Waals surface area contributed by atoms with E-state index in [0.717, 1.165) is 55.2 Å². The Morgan fingerprint density at radius 1 is 1.35 bits per heavy atom. The van der Waals surface area contributed by atoms with E-state index in [-0.39, 0.29) is 6.04 Å². The van der Waals surface area contributed by atoms with Crippen molar-refractivity contribution in [1.29, 1.82) is 0 Å². The summed E-state index contributed by atoms with van der Waals surface area (Å²) >= 11 is 12.2. The number of halogens is 2. The van der Waals surface area contributed by atoms with Crippen LogP contribution in [0.3, 0.4) is 0 Å². The van der Waals surface area contributed by atoms with Crippen LogP contribution in [0.2, 0.25) is 10.0 Å². The van der Waals surface area contributed by atoms with Crippen LogP contribution in [-0.2, 0) is 11.2 Å². The summed E-state index contributed by atoms with van der Waals surface area (Å²) in [4.78, 5) is 0. The molecule has 0 bridgehead atoms. The van der Waals surface area contributed by atoms with Gasteiger partial charge in [0, 0.05) is 10.0 Å². The van der Waals surface area contributed by atoms with Crippen molar-refractivity contribution < 1.29 is 4.74 Å². The van der Waals surface area contributed by atoms with Gasteiger partial charge in [0.05, 0.1) is 12.6 Å². The highest BCUT2D eigenvalue weighted by atomic mass is 35.5.